The van der Waals surface area contributed by atoms with Gasteiger partial charge in [-0.15, -0.1) is 0 Å². The standard InChI is InChI=1S/C13H9BrClN3/c14-11-6-5-10-13(17-11)18-12(16-10)7-8-1-3-9(15)4-2-8/h1-6H,7H2,(H,16,17,18). The van der Waals surface area contributed by atoms with Crippen molar-refractivity contribution in [3.05, 3.63) is 57.4 Å². The van der Waals surface area contributed by atoms with Crippen LogP contribution in [-0.2, 0) is 6.42 Å². The summed E-state index contributed by atoms with van der Waals surface area (Å²) in [5, 5.41) is 0.744. The largest absolute Gasteiger partial charge is 0.340 e. The molecule has 0 saturated carbocycles. The van der Waals surface area contributed by atoms with Gasteiger partial charge in [0.15, 0.2) is 5.65 Å². The van der Waals surface area contributed by atoms with E-state index in [2.05, 4.69) is 30.9 Å². The number of fused-ring (bicyclic) bond motifs is 1. The number of nitrogens with one attached hydrogen (secondary N) is 1. The molecule has 1 aromatic carbocycles. The Bertz CT molecular complexity index is 691. The van der Waals surface area contributed by atoms with E-state index >= 15 is 0 Å². The second-order valence-corrected chi connectivity index (χ2v) is 5.24. The van der Waals surface area contributed by atoms with Crippen molar-refractivity contribution in [2.24, 2.45) is 0 Å². The smallest absolute Gasteiger partial charge is 0.178 e. The first-order chi connectivity index (χ1) is 8.70. The van der Waals surface area contributed by atoms with E-state index in [1.54, 1.807) is 0 Å². The van der Waals surface area contributed by atoms with Crippen molar-refractivity contribution in [3.8, 4) is 0 Å². The summed E-state index contributed by atoms with van der Waals surface area (Å²) in [5.74, 6) is 0.901. The predicted octanol–water partition coefficient (Wildman–Crippen LogP) is 3.96. The summed E-state index contributed by atoms with van der Waals surface area (Å²) in [7, 11) is 0. The highest BCUT2D eigenvalue weighted by Crippen LogP contribution is 2.16. The molecule has 0 radical (unpaired) electrons. The molecular weight excluding hydrogens is 314 g/mol. The quantitative estimate of drug-likeness (QED) is 0.725. The summed E-state index contributed by atoms with van der Waals surface area (Å²) in [6, 6.07) is 11.6. The molecule has 1 N–H and O–H groups in total. The molecule has 2 aromatic heterocycles. The maximum absolute atomic E-state index is 5.86. The van der Waals surface area contributed by atoms with Gasteiger partial charge in [-0.25, -0.2) is 9.97 Å². The van der Waals surface area contributed by atoms with Crippen molar-refractivity contribution in [1.82, 2.24) is 15.0 Å². The third-order valence-corrected chi connectivity index (χ3v) is 3.34. The molecular formula is C13H9BrClN3. The molecule has 2 heterocycles. The Morgan fingerprint density at radius 3 is 2.61 bits per heavy atom. The van der Waals surface area contributed by atoms with Crippen LogP contribution in [0.25, 0.3) is 11.2 Å². The molecule has 0 atom stereocenters. The van der Waals surface area contributed by atoms with E-state index in [4.69, 9.17) is 11.6 Å². The van der Waals surface area contributed by atoms with E-state index < -0.39 is 0 Å². The molecule has 0 saturated heterocycles. The molecule has 0 spiro atoms. The summed E-state index contributed by atoms with van der Waals surface area (Å²) in [6.45, 7) is 0. The average molecular weight is 323 g/mol. The molecule has 3 rings (SSSR count). The number of aromatic amines is 1. The van der Waals surface area contributed by atoms with E-state index in [-0.39, 0.29) is 0 Å². The van der Waals surface area contributed by atoms with Crippen LogP contribution in [0.1, 0.15) is 11.4 Å². The van der Waals surface area contributed by atoms with Crippen molar-refractivity contribution in [2.45, 2.75) is 6.42 Å². The van der Waals surface area contributed by atoms with Gasteiger partial charge in [0.2, 0.25) is 0 Å². The zero-order valence-corrected chi connectivity index (χ0v) is 11.7. The number of hydrogen-bond acceptors (Lipinski definition) is 2. The van der Waals surface area contributed by atoms with E-state index in [0.717, 1.165) is 38.6 Å². The van der Waals surface area contributed by atoms with Crippen molar-refractivity contribution >= 4 is 38.7 Å². The van der Waals surface area contributed by atoms with Crippen LogP contribution in [0.4, 0.5) is 0 Å². The van der Waals surface area contributed by atoms with Gasteiger partial charge in [0, 0.05) is 11.4 Å². The molecule has 0 unspecified atom stereocenters. The third kappa shape index (κ3) is 2.40. The van der Waals surface area contributed by atoms with E-state index in [0.29, 0.717) is 0 Å². The lowest BCUT2D eigenvalue weighted by atomic mass is 10.1. The van der Waals surface area contributed by atoms with Crippen LogP contribution in [0, 0.1) is 0 Å². The summed E-state index contributed by atoms with van der Waals surface area (Å²) >= 11 is 9.19. The Labute approximate surface area is 117 Å². The number of aromatic nitrogens is 3. The van der Waals surface area contributed by atoms with Gasteiger partial charge in [-0.05, 0) is 45.8 Å². The minimum Gasteiger partial charge on any atom is -0.340 e. The van der Waals surface area contributed by atoms with Gasteiger partial charge < -0.3 is 4.98 Å². The Balaban J connectivity index is 1.92. The second-order valence-electron chi connectivity index (χ2n) is 3.99. The van der Waals surface area contributed by atoms with Crippen LogP contribution in [0.2, 0.25) is 5.02 Å². The van der Waals surface area contributed by atoms with E-state index in [9.17, 15) is 0 Å². The molecule has 3 nitrogen and oxygen atoms in total. The fourth-order valence-corrected chi connectivity index (χ4v) is 2.22. The SMILES string of the molecule is Clc1ccc(Cc2nc3nc(Br)ccc3[nH]2)cc1. The predicted molar refractivity (Wildman–Crippen MR) is 75.8 cm³/mol. The number of pyridine rings is 1. The average Bonchev–Trinajstić information content (AvgIpc) is 2.73. The molecule has 0 fully saturated rings. The van der Waals surface area contributed by atoms with Gasteiger partial charge in [0.1, 0.15) is 10.4 Å². The molecule has 0 bridgehead atoms. The first-order valence-electron chi connectivity index (χ1n) is 5.46. The van der Waals surface area contributed by atoms with Crippen molar-refractivity contribution < 1.29 is 0 Å². The molecule has 0 aliphatic heterocycles. The number of rotatable bonds is 2. The minimum atomic E-state index is 0.730. The maximum Gasteiger partial charge on any atom is 0.178 e. The highest BCUT2D eigenvalue weighted by Gasteiger charge is 2.05. The van der Waals surface area contributed by atoms with Gasteiger partial charge in [0.25, 0.3) is 0 Å². The molecule has 18 heavy (non-hydrogen) atoms. The zero-order chi connectivity index (χ0) is 12.5. The van der Waals surface area contributed by atoms with Crippen molar-refractivity contribution in [2.75, 3.05) is 0 Å². The van der Waals surface area contributed by atoms with Gasteiger partial charge in [0.05, 0.1) is 5.52 Å². The summed E-state index contributed by atoms with van der Waals surface area (Å²) < 4.78 is 0.791. The van der Waals surface area contributed by atoms with Gasteiger partial charge in [-0.2, -0.15) is 0 Å². The van der Waals surface area contributed by atoms with Crippen molar-refractivity contribution in [3.63, 3.8) is 0 Å². The van der Waals surface area contributed by atoms with Gasteiger partial charge in [-0.1, -0.05) is 23.7 Å². The Morgan fingerprint density at radius 1 is 1.06 bits per heavy atom. The zero-order valence-electron chi connectivity index (χ0n) is 9.32. The third-order valence-electron chi connectivity index (χ3n) is 2.65. The first kappa shape index (κ1) is 11.7. The maximum atomic E-state index is 5.86. The van der Waals surface area contributed by atoms with Crippen LogP contribution in [0.15, 0.2) is 41.0 Å². The fraction of sp³-hybridized carbons (Fsp3) is 0.0769. The van der Waals surface area contributed by atoms with E-state index in [1.165, 1.54) is 0 Å². The minimum absolute atomic E-state index is 0.730. The number of imidazole rings is 1. The van der Waals surface area contributed by atoms with Gasteiger partial charge in [-0.3, -0.25) is 0 Å². The van der Waals surface area contributed by atoms with Crippen molar-refractivity contribution in [1.29, 1.82) is 0 Å². The number of H-pyrrole nitrogens is 1. The monoisotopic (exact) mass is 321 g/mol. The summed E-state index contributed by atoms with van der Waals surface area (Å²) in [6.07, 6.45) is 0.741. The molecule has 0 amide bonds. The molecule has 0 aliphatic carbocycles. The van der Waals surface area contributed by atoms with Crippen LogP contribution in [0.3, 0.4) is 0 Å². The number of nitrogens with zero attached hydrogens (tertiary/aromatic N) is 2. The Hall–Kier alpha value is -1.39. The highest BCUT2D eigenvalue weighted by atomic mass is 79.9. The Kier molecular flexibility index (Phi) is 3.06. The second kappa shape index (κ2) is 4.71. The van der Waals surface area contributed by atoms with E-state index in [1.807, 2.05) is 36.4 Å². The number of halogens is 2. The first-order valence-corrected chi connectivity index (χ1v) is 6.63. The van der Waals surface area contributed by atoms with Crippen LogP contribution < -0.4 is 0 Å². The summed E-state index contributed by atoms with van der Waals surface area (Å²) in [4.78, 5) is 12.0. The number of hydrogen-bond donors (Lipinski definition) is 1. The Morgan fingerprint density at radius 2 is 1.83 bits per heavy atom. The van der Waals surface area contributed by atoms with Crippen LogP contribution >= 0.6 is 27.5 Å². The lowest BCUT2D eigenvalue weighted by molar-refractivity contribution is 1.03. The van der Waals surface area contributed by atoms with Crippen LogP contribution in [-0.4, -0.2) is 15.0 Å². The topological polar surface area (TPSA) is 41.6 Å². The summed E-state index contributed by atoms with van der Waals surface area (Å²) in [5.41, 5.74) is 2.84. The molecule has 3 aromatic rings. The lowest BCUT2D eigenvalue weighted by Gasteiger charge is -1.97. The van der Waals surface area contributed by atoms with Crippen LogP contribution in [0.5, 0.6) is 0 Å². The molecule has 0 aliphatic rings. The molecule has 90 valence electrons. The fourth-order valence-electron chi connectivity index (χ4n) is 1.80. The molecule has 5 heteroatoms. The normalized spacial score (nSPS) is 11.0. The highest BCUT2D eigenvalue weighted by molar-refractivity contribution is 9.10. The lowest BCUT2D eigenvalue weighted by Crippen LogP contribution is -1.89. The number of benzene rings is 1. The van der Waals surface area contributed by atoms with Gasteiger partial charge >= 0.3 is 0 Å².